The minimum atomic E-state index is -0.802. The minimum Gasteiger partial charge on any atom is -0.872 e. The van der Waals surface area contributed by atoms with Gasteiger partial charge in [-0.25, -0.2) is 0 Å². The molecule has 1 unspecified atom stereocenters. The topological polar surface area (TPSA) is 104 Å². The van der Waals surface area contributed by atoms with Crippen molar-refractivity contribution in [1.82, 2.24) is 4.90 Å². The number of rotatable bonds is 9. The molecule has 2 aromatic rings. The van der Waals surface area contributed by atoms with Crippen molar-refractivity contribution in [1.29, 1.82) is 0 Å². The van der Waals surface area contributed by atoms with Gasteiger partial charge in [-0.1, -0.05) is 43.4 Å². The van der Waals surface area contributed by atoms with E-state index in [2.05, 4.69) is 6.92 Å². The van der Waals surface area contributed by atoms with Gasteiger partial charge in [0.05, 0.1) is 39.0 Å². The van der Waals surface area contributed by atoms with Gasteiger partial charge in [0.25, 0.3) is 5.91 Å². The first-order valence-electron chi connectivity index (χ1n) is 12.2. The molecule has 2 N–H and O–H groups in total. The Morgan fingerprint density at radius 1 is 1.11 bits per heavy atom. The number of carbonyl (C=O) groups excluding carboxylic acids is 2. The van der Waals surface area contributed by atoms with Crippen molar-refractivity contribution in [2.24, 2.45) is 0 Å². The number of ether oxygens (including phenoxy) is 2. The normalized spacial score (nSPS) is 20.4. The summed E-state index contributed by atoms with van der Waals surface area (Å²) >= 11 is 0. The highest BCUT2D eigenvalue weighted by Crippen LogP contribution is 2.38. The van der Waals surface area contributed by atoms with Crippen molar-refractivity contribution < 1.29 is 34.2 Å². The summed E-state index contributed by atoms with van der Waals surface area (Å²) in [6.45, 7) is 6.67. The number of likely N-dealkylation sites (tertiary alicyclic amines) is 1. The fraction of sp³-hybridized carbons (Fsp3) is 0.407. The number of nitrogens with one attached hydrogen (secondary N) is 1. The van der Waals surface area contributed by atoms with E-state index in [1.165, 1.54) is 21.9 Å². The summed E-state index contributed by atoms with van der Waals surface area (Å²) in [7, 11) is 0. The maximum absolute atomic E-state index is 13.5. The summed E-state index contributed by atoms with van der Waals surface area (Å²) in [5.74, 6) is -1.19. The van der Waals surface area contributed by atoms with Crippen LogP contribution in [0.1, 0.15) is 36.9 Å². The Kier molecular flexibility index (Phi) is 8.05. The quantitative estimate of drug-likeness (QED) is 0.237. The largest absolute Gasteiger partial charge is 0.872 e. The highest BCUT2D eigenvalue weighted by atomic mass is 16.5. The van der Waals surface area contributed by atoms with Gasteiger partial charge in [0.15, 0.2) is 0 Å². The number of quaternary nitrogens is 1. The van der Waals surface area contributed by atoms with Crippen LogP contribution in [0.15, 0.2) is 54.1 Å². The summed E-state index contributed by atoms with van der Waals surface area (Å²) in [4.78, 5) is 29.0. The molecular weight excluding hydrogens is 448 g/mol. The number of carbonyl (C=O) groups is 2. The van der Waals surface area contributed by atoms with Gasteiger partial charge in [0, 0.05) is 5.57 Å². The molecule has 0 saturated carbocycles. The number of nitrogens with zero attached hydrogens (tertiary/aromatic N) is 1. The maximum Gasteiger partial charge on any atom is 0.295 e. The molecule has 1 amide bonds. The van der Waals surface area contributed by atoms with Crippen LogP contribution in [-0.2, 0) is 14.3 Å². The molecule has 8 heteroatoms. The predicted molar refractivity (Wildman–Crippen MR) is 128 cm³/mol. The lowest BCUT2D eigenvalue weighted by Crippen LogP contribution is -3.14. The van der Waals surface area contributed by atoms with Crippen molar-refractivity contribution in [2.75, 3.05) is 46.0 Å². The number of unbranched alkanes of at least 4 members (excludes halogenated alkanes) is 1. The molecule has 2 aliphatic heterocycles. The van der Waals surface area contributed by atoms with Gasteiger partial charge in [-0.2, -0.15) is 0 Å². The fourth-order valence-electron chi connectivity index (χ4n) is 4.49. The van der Waals surface area contributed by atoms with Gasteiger partial charge in [-0.3, -0.25) is 9.59 Å². The zero-order valence-corrected chi connectivity index (χ0v) is 20.0. The summed E-state index contributed by atoms with van der Waals surface area (Å²) in [5, 5.41) is 23.3. The molecule has 4 rings (SSSR count). The summed E-state index contributed by atoms with van der Waals surface area (Å²) < 4.78 is 11.1. The van der Waals surface area contributed by atoms with Crippen LogP contribution >= 0.6 is 0 Å². The number of benzene rings is 2. The lowest BCUT2D eigenvalue weighted by Gasteiger charge is -2.30. The molecule has 2 fully saturated rings. The third-order valence-corrected chi connectivity index (χ3v) is 6.53. The first-order valence-corrected chi connectivity index (χ1v) is 12.2. The second kappa shape index (κ2) is 11.4. The number of ketones is 1. The molecule has 0 aliphatic carbocycles. The molecular formula is C27H32N2O6. The van der Waals surface area contributed by atoms with Crippen LogP contribution in [0, 0.1) is 0 Å². The van der Waals surface area contributed by atoms with E-state index in [-0.39, 0.29) is 11.3 Å². The lowest BCUT2D eigenvalue weighted by atomic mass is 9.95. The SMILES string of the molecule is CCCCOc1ccc(C([O-])=C2C(=O)C(=O)N(CC[NH+]3CCOCC3)C2c2ccc(O)cc2)cc1. The third-order valence-electron chi connectivity index (χ3n) is 6.53. The minimum absolute atomic E-state index is 0.0580. The number of phenolic OH excluding ortho intramolecular Hbond substituents is 1. The molecule has 0 radical (unpaired) electrons. The zero-order chi connectivity index (χ0) is 24.8. The Balaban J connectivity index is 1.65. The Morgan fingerprint density at radius 3 is 2.46 bits per heavy atom. The van der Waals surface area contributed by atoms with Crippen LogP contribution in [0.25, 0.3) is 5.76 Å². The van der Waals surface area contributed by atoms with E-state index in [1.807, 2.05) is 0 Å². The van der Waals surface area contributed by atoms with E-state index in [0.29, 0.717) is 49.8 Å². The van der Waals surface area contributed by atoms with Gasteiger partial charge in [0.1, 0.15) is 24.6 Å². The van der Waals surface area contributed by atoms with E-state index >= 15 is 0 Å². The Morgan fingerprint density at radius 2 is 1.80 bits per heavy atom. The molecule has 0 bridgehead atoms. The lowest BCUT2D eigenvalue weighted by molar-refractivity contribution is -0.907. The predicted octanol–water partition coefficient (Wildman–Crippen LogP) is 0.710. The van der Waals surface area contributed by atoms with Crippen molar-refractivity contribution in [2.45, 2.75) is 25.8 Å². The van der Waals surface area contributed by atoms with Crippen LogP contribution in [0.5, 0.6) is 11.5 Å². The molecule has 2 saturated heterocycles. The second-order valence-electron chi connectivity index (χ2n) is 8.90. The molecule has 186 valence electrons. The maximum atomic E-state index is 13.5. The summed E-state index contributed by atoms with van der Waals surface area (Å²) in [6, 6.07) is 12.2. The molecule has 2 heterocycles. The molecule has 2 aromatic carbocycles. The number of hydrogen-bond acceptors (Lipinski definition) is 6. The van der Waals surface area contributed by atoms with Gasteiger partial charge < -0.3 is 29.5 Å². The van der Waals surface area contributed by atoms with Gasteiger partial charge in [-0.15, -0.1) is 0 Å². The average molecular weight is 481 g/mol. The highest BCUT2D eigenvalue weighted by Gasteiger charge is 2.44. The average Bonchev–Trinajstić information content (AvgIpc) is 3.13. The summed E-state index contributed by atoms with van der Waals surface area (Å²) in [6.07, 6.45) is 1.96. The first kappa shape index (κ1) is 24.8. The first-order chi connectivity index (χ1) is 17.0. The van der Waals surface area contributed by atoms with E-state index in [0.717, 1.165) is 25.9 Å². The highest BCUT2D eigenvalue weighted by molar-refractivity contribution is 6.46. The van der Waals surface area contributed by atoms with E-state index in [1.54, 1.807) is 36.4 Å². The van der Waals surface area contributed by atoms with Gasteiger partial charge in [-0.05, 0) is 41.8 Å². The van der Waals surface area contributed by atoms with E-state index < -0.39 is 23.5 Å². The second-order valence-corrected chi connectivity index (χ2v) is 8.90. The third kappa shape index (κ3) is 5.66. The zero-order valence-electron chi connectivity index (χ0n) is 20.0. The number of Topliss-reactive ketones (excluding diaryl/α,β-unsaturated/α-hetero) is 1. The molecule has 0 aromatic heterocycles. The number of hydrogen-bond donors (Lipinski definition) is 2. The molecule has 0 spiro atoms. The van der Waals surface area contributed by atoms with Gasteiger partial charge in [0.2, 0.25) is 5.78 Å². The Labute approximate surface area is 205 Å². The van der Waals surface area contributed by atoms with Crippen molar-refractivity contribution >= 4 is 17.4 Å². The van der Waals surface area contributed by atoms with Crippen molar-refractivity contribution in [3.63, 3.8) is 0 Å². The standard InChI is InChI=1S/C27H32N2O6/c1-2-3-16-35-22-10-6-20(7-11-22)25(31)23-24(19-4-8-21(30)9-5-19)29(27(33)26(23)32)13-12-28-14-17-34-18-15-28/h4-11,24,30-31H,2-3,12-18H2,1H3. The van der Waals surface area contributed by atoms with E-state index in [9.17, 15) is 19.8 Å². The monoisotopic (exact) mass is 480 g/mol. The smallest absolute Gasteiger partial charge is 0.295 e. The van der Waals surface area contributed by atoms with Gasteiger partial charge >= 0.3 is 0 Å². The van der Waals surface area contributed by atoms with Crippen LogP contribution in [0.3, 0.4) is 0 Å². The molecule has 8 nitrogen and oxygen atoms in total. The molecule has 35 heavy (non-hydrogen) atoms. The fourth-order valence-corrected chi connectivity index (χ4v) is 4.49. The van der Waals surface area contributed by atoms with Crippen LogP contribution < -0.4 is 14.7 Å². The summed E-state index contributed by atoms with van der Waals surface area (Å²) in [5.41, 5.74) is 0.882. The van der Waals surface area contributed by atoms with E-state index in [4.69, 9.17) is 9.47 Å². The number of morpholine rings is 1. The molecule has 2 aliphatic rings. The van der Waals surface area contributed by atoms with Crippen LogP contribution in [0.2, 0.25) is 0 Å². The van der Waals surface area contributed by atoms with Crippen molar-refractivity contribution in [3.8, 4) is 11.5 Å². The Hall–Kier alpha value is -3.36. The van der Waals surface area contributed by atoms with Crippen LogP contribution in [0.4, 0.5) is 0 Å². The Bertz CT molecular complexity index is 1060. The van der Waals surface area contributed by atoms with Crippen LogP contribution in [-0.4, -0.2) is 67.7 Å². The number of phenols is 1. The van der Waals surface area contributed by atoms with Crippen molar-refractivity contribution in [3.05, 3.63) is 65.2 Å². The number of aromatic hydroxyl groups is 1. The number of amides is 1. The molecule has 1 atom stereocenters.